The fraction of sp³-hybridized carbons (Fsp3) is 0.400. The molecule has 1 aromatic rings. The summed E-state index contributed by atoms with van der Waals surface area (Å²) >= 11 is 0. The van der Waals surface area contributed by atoms with Crippen LogP contribution in [0, 0.1) is 17.8 Å². The van der Waals surface area contributed by atoms with E-state index in [1.165, 1.54) is 19.2 Å². The average molecular weight is 306 g/mol. The minimum atomic E-state index is -3.44. The Morgan fingerprint density at radius 2 is 1.86 bits per heavy atom. The molecule has 0 unspecified atom stereocenters. The number of benzene rings is 1. The van der Waals surface area contributed by atoms with E-state index >= 15 is 0 Å². The maximum Gasteiger partial charge on any atom is 0.240 e. The molecule has 2 N–H and O–H groups in total. The summed E-state index contributed by atoms with van der Waals surface area (Å²) in [5.74, 6) is 0.977. The van der Waals surface area contributed by atoms with Gasteiger partial charge in [-0.15, -0.1) is 0 Å². The summed E-state index contributed by atoms with van der Waals surface area (Å²) in [6.45, 7) is 0. The minimum Gasteiger partial charge on any atom is -0.326 e. The zero-order valence-electron chi connectivity index (χ0n) is 11.7. The largest absolute Gasteiger partial charge is 0.326 e. The summed E-state index contributed by atoms with van der Waals surface area (Å²) in [6, 6.07) is 6.21. The zero-order chi connectivity index (χ0) is 15.0. The van der Waals surface area contributed by atoms with Gasteiger partial charge in [0, 0.05) is 11.6 Å². The van der Waals surface area contributed by atoms with E-state index in [-0.39, 0.29) is 16.7 Å². The minimum absolute atomic E-state index is 0.0241. The van der Waals surface area contributed by atoms with Crippen LogP contribution in [-0.4, -0.2) is 21.4 Å². The van der Waals surface area contributed by atoms with Crippen molar-refractivity contribution in [3.63, 3.8) is 0 Å². The van der Waals surface area contributed by atoms with Crippen LogP contribution in [0.5, 0.6) is 0 Å². The van der Waals surface area contributed by atoms with E-state index in [0.717, 1.165) is 12.8 Å². The summed E-state index contributed by atoms with van der Waals surface area (Å²) in [5, 5.41) is 2.88. The lowest BCUT2D eigenvalue weighted by Crippen LogP contribution is -2.26. The van der Waals surface area contributed by atoms with Crippen molar-refractivity contribution in [1.82, 2.24) is 4.72 Å². The number of amides is 1. The van der Waals surface area contributed by atoms with Crippen molar-refractivity contribution in [1.29, 1.82) is 0 Å². The van der Waals surface area contributed by atoms with E-state index < -0.39 is 10.0 Å². The fourth-order valence-electron chi connectivity index (χ4n) is 3.15. The van der Waals surface area contributed by atoms with Crippen molar-refractivity contribution in [2.24, 2.45) is 17.8 Å². The van der Waals surface area contributed by atoms with Gasteiger partial charge in [0.05, 0.1) is 4.90 Å². The number of carbonyl (C=O) groups excluding carboxylic acids is 1. The van der Waals surface area contributed by atoms with Crippen molar-refractivity contribution in [3.05, 3.63) is 36.4 Å². The quantitative estimate of drug-likeness (QED) is 0.832. The van der Waals surface area contributed by atoms with Crippen LogP contribution in [0.25, 0.3) is 0 Å². The molecule has 2 aliphatic rings. The van der Waals surface area contributed by atoms with Crippen molar-refractivity contribution in [2.75, 3.05) is 12.4 Å². The first kappa shape index (κ1) is 14.3. The van der Waals surface area contributed by atoms with Crippen molar-refractivity contribution in [3.8, 4) is 0 Å². The van der Waals surface area contributed by atoms with E-state index in [4.69, 9.17) is 0 Å². The van der Waals surface area contributed by atoms with Gasteiger partial charge in [-0.3, -0.25) is 4.79 Å². The predicted octanol–water partition coefficient (Wildman–Crippen LogP) is 1.75. The van der Waals surface area contributed by atoms with Crippen LogP contribution in [0.4, 0.5) is 5.69 Å². The number of anilines is 1. The van der Waals surface area contributed by atoms with Crippen LogP contribution in [0.3, 0.4) is 0 Å². The van der Waals surface area contributed by atoms with Crippen LogP contribution in [-0.2, 0) is 14.8 Å². The van der Waals surface area contributed by atoms with Gasteiger partial charge in [-0.05, 0) is 56.0 Å². The molecular formula is C15H18N2O3S. The molecule has 1 fully saturated rings. The highest BCUT2D eigenvalue weighted by Crippen LogP contribution is 2.43. The van der Waals surface area contributed by atoms with E-state index in [1.807, 2.05) is 0 Å². The molecule has 0 radical (unpaired) electrons. The molecule has 1 aromatic carbocycles. The van der Waals surface area contributed by atoms with Gasteiger partial charge in [0.2, 0.25) is 15.9 Å². The van der Waals surface area contributed by atoms with Crippen molar-refractivity contribution >= 4 is 21.6 Å². The van der Waals surface area contributed by atoms with Crippen LogP contribution >= 0.6 is 0 Å². The fourth-order valence-corrected chi connectivity index (χ4v) is 3.88. The standard InChI is InChI=1S/C15H18N2O3S/c1-16-21(19,20)13-6-4-12(5-7-13)17-15(18)14-9-10-2-3-11(14)8-10/h2-7,10-11,14,16H,8-9H2,1H3,(H,17,18)/t10-,11+,14+/m1/s1. The van der Waals surface area contributed by atoms with Gasteiger partial charge in [0.1, 0.15) is 0 Å². The van der Waals surface area contributed by atoms with Crippen LogP contribution in [0.2, 0.25) is 0 Å². The topological polar surface area (TPSA) is 75.3 Å². The number of sulfonamides is 1. The smallest absolute Gasteiger partial charge is 0.240 e. The second-order valence-electron chi connectivity index (χ2n) is 5.61. The Bertz CT molecular complexity index is 679. The van der Waals surface area contributed by atoms with Crippen LogP contribution in [0.15, 0.2) is 41.3 Å². The number of nitrogens with one attached hydrogen (secondary N) is 2. The third kappa shape index (κ3) is 2.73. The lowest BCUT2D eigenvalue weighted by Gasteiger charge is -2.17. The Labute approximate surface area is 124 Å². The van der Waals surface area contributed by atoms with E-state index in [9.17, 15) is 13.2 Å². The molecule has 112 valence electrons. The predicted molar refractivity (Wildman–Crippen MR) is 80.2 cm³/mol. The molecule has 1 amide bonds. The molecule has 0 aromatic heterocycles. The number of fused-ring (bicyclic) bond motifs is 2. The first-order valence-electron chi connectivity index (χ1n) is 7.02. The van der Waals surface area contributed by atoms with Crippen LogP contribution < -0.4 is 10.0 Å². The van der Waals surface area contributed by atoms with Gasteiger partial charge in [0.25, 0.3) is 0 Å². The first-order chi connectivity index (χ1) is 9.99. The highest BCUT2D eigenvalue weighted by atomic mass is 32.2. The monoisotopic (exact) mass is 306 g/mol. The maximum absolute atomic E-state index is 12.3. The number of rotatable bonds is 4. The molecular weight excluding hydrogens is 288 g/mol. The highest BCUT2D eigenvalue weighted by molar-refractivity contribution is 7.89. The van der Waals surface area contributed by atoms with Crippen molar-refractivity contribution < 1.29 is 13.2 Å². The summed E-state index contributed by atoms with van der Waals surface area (Å²) in [7, 11) is -2.07. The third-order valence-corrected chi connectivity index (χ3v) is 5.75. The van der Waals surface area contributed by atoms with Crippen molar-refractivity contribution in [2.45, 2.75) is 17.7 Å². The Balaban J connectivity index is 1.68. The van der Waals surface area contributed by atoms with E-state index in [1.54, 1.807) is 12.1 Å². The SMILES string of the molecule is CNS(=O)(=O)c1ccc(NC(=O)[C@H]2C[C@@H]3C=C[C@H]2C3)cc1. The Hall–Kier alpha value is -1.66. The Morgan fingerprint density at radius 3 is 2.38 bits per heavy atom. The highest BCUT2D eigenvalue weighted by Gasteiger charge is 2.39. The average Bonchev–Trinajstić information content (AvgIpc) is 3.10. The molecule has 2 bridgehead atoms. The third-order valence-electron chi connectivity index (χ3n) is 4.32. The molecule has 0 heterocycles. The lowest BCUT2D eigenvalue weighted by molar-refractivity contribution is -0.120. The van der Waals surface area contributed by atoms with Gasteiger partial charge in [0.15, 0.2) is 0 Å². The zero-order valence-corrected chi connectivity index (χ0v) is 12.6. The second kappa shape index (κ2) is 5.27. The molecule has 1 saturated carbocycles. The van der Waals surface area contributed by atoms with E-state index in [2.05, 4.69) is 22.2 Å². The summed E-state index contributed by atoms with van der Waals surface area (Å²) in [6.07, 6.45) is 6.34. The Kier molecular flexibility index (Phi) is 3.59. The van der Waals surface area contributed by atoms with Gasteiger partial charge in [-0.1, -0.05) is 12.2 Å². The number of carbonyl (C=O) groups is 1. The van der Waals surface area contributed by atoms with E-state index in [0.29, 0.717) is 17.5 Å². The van der Waals surface area contributed by atoms with Gasteiger partial charge in [-0.2, -0.15) is 0 Å². The molecule has 3 rings (SSSR count). The summed E-state index contributed by atoms with van der Waals surface area (Å²) in [4.78, 5) is 12.5. The first-order valence-corrected chi connectivity index (χ1v) is 8.51. The second-order valence-corrected chi connectivity index (χ2v) is 7.49. The molecule has 0 spiro atoms. The van der Waals surface area contributed by atoms with Gasteiger partial charge < -0.3 is 5.32 Å². The molecule has 2 aliphatic carbocycles. The van der Waals surface area contributed by atoms with Crippen LogP contribution in [0.1, 0.15) is 12.8 Å². The normalized spacial score (nSPS) is 27.0. The maximum atomic E-state index is 12.3. The van der Waals surface area contributed by atoms with Gasteiger partial charge >= 0.3 is 0 Å². The molecule has 0 aliphatic heterocycles. The molecule has 0 saturated heterocycles. The van der Waals surface area contributed by atoms with Gasteiger partial charge in [-0.25, -0.2) is 13.1 Å². The molecule has 6 heteroatoms. The molecule has 21 heavy (non-hydrogen) atoms. The number of allylic oxidation sites excluding steroid dienone is 2. The molecule has 5 nitrogen and oxygen atoms in total. The number of hydrogen-bond acceptors (Lipinski definition) is 3. The summed E-state index contributed by atoms with van der Waals surface area (Å²) in [5.41, 5.74) is 0.627. The Morgan fingerprint density at radius 1 is 1.14 bits per heavy atom. The number of hydrogen-bond donors (Lipinski definition) is 2. The lowest BCUT2D eigenvalue weighted by atomic mass is 9.93. The summed E-state index contributed by atoms with van der Waals surface area (Å²) < 4.78 is 25.5. The molecule has 3 atom stereocenters.